The molecule has 0 amide bonds. The minimum atomic E-state index is -0.262. The maximum absolute atomic E-state index is 13.3. The molecule has 2 aromatic heterocycles. The topological polar surface area (TPSA) is 73.7 Å². The molecule has 4 aromatic rings. The van der Waals surface area contributed by atoms with Crippen molar-refractivity contribution < 1.29 is 4.39 Å². The zero-order valence-corrected chi connectivity index (χ0v) is 16.9. The van der Waals surface area contributed by atoms with E-state index in [1.807, 2.05) is 30.3 Å². The number of anilines is 3. The first kappa shape index (κ1) is 18.5. The fourth-order valence-electron chi connectivity index (χ4n) is 2.82. The largest absolute Gasteiger partial charge is 0.380 e. The normalized spacial score (nSPS) is 10.8. The van der Waals surface area contributed by atoms with E-state index in [2.05, 4.69) is 36.5 Å². The second-order valence-corrected chi connectivity index (χ2v) is 8.47. The Balaban J connectivity index is 1.55. The van der Waals surface area contributed by atoms with Gasteiger partial charge in [0.15, 0.2) is 5.82 Å². The molecule has 0 aliphatic rings. The summed E-state index contributed by atoms with van der Waals surface area (Å²) in [5.74, 6) is 0.458. The maximum atomic E-state index is 13.3. The molecule has 4 rings (SSSR count). The molecule has 8 heteroatoms. The van der Waals surface area contributed by atoms with Crippen molar-refractivity contribution in [2.45, 2.75) is 6.54 Å². The average molecular weight is 456 g/mol. The summed E-state index contributed by atoms with van der Waals surface area (Å²) in [5, 5.41) is 14.3. The smallest absolute Gasteiger partial charge is 0.151 e. The molecular weight excluding hydrogens is 441 g/mol. The lowest BCUT2D eigenvalue weighted by molar-refractivity contribution is 0.626. The summed E-state index contributed by atoms with van der Waals surface area (Å²) in [7, 11) is 0. The molecule has 0 radical (unpaired) electrons. The second kappa shape index (κ2) is 8.04. The molecule has 0 bridgehead atoms. The summed E-state index contributed by atoms with van der Waals surface area (Å²) in [5.41, 5.74) is 4.05. The summed E-state index contributed by atoms with van der Waals surface area (Å²) in [4.78, 5) is 8.60. The van der Waals surface area contributed by atoms with Gasteiger partial charge in [-0.25, -0.2) is 14.4 Å². The van der Waals surface area contributed by atoms with Crippen LogP contribution in [0.3, 0.4) is 0 Å². The number of thiophene rings is 1. The van der Waals surface area contributed by atoms with Gasteiger partial charge in [0.05, 0.1) is 14.0 Å². The Morgan fingerprint density at radius 1 is 1.14 bits per heavy atom. The van der Waals surface area contributed by atoms with Crippen LogP contribution < -0.4 is 10.6 Å². The van der Waals surface area contributed by atoms with E-state index in [1.165, 1.54) is 24.7 Å². The highest BCUT2D eigenvalue weighted by molar-refractivity contribution is 9.11. The van der Waals surface area contributed by atoms with Crippen molar-refractivity contribution in [1.82, 2.24) is 9.97 Å². The average Bonchev–Trinajstić information content (AvgIpc) is 3.08. The maximum Gasteiger partial charge on any atom is 0.151 e. The van der Waals surface area contributed by atoms with Crippen molar-refractivity contribution in [1.29, 1.82) is 5.41 Å². The Kier molecular flexibility index (Phi) is 5.31. The van der Waals surface area contributed by atoms with Gasteiger partial charge in [0, 0.05) is 29.7 Å². The molecule has 2 heterocycles. The number of nitrogens with one attached hydrogen (secondary N) is 3. The van der Waals surface area contributed by atoms with Crippen LogP contribution in [-0.2, 0) is 6.54 Å². The van der Waals surface area contributed by atoms with E-state index in [1.54, 1.807) is 17.4 Å². The molecule has 0 aliphatic heterocycles. The molecule has 28 heavy (non-hydrogen) atoms. The Bertz CT molecular complexity index is 1160. The first-order valence-electron chi connectivity index (χ1n) is 8.42. The number of hydrogen-bond acceptors (Lipinski definition) is 6. The van der Waals surface area contributed by atoms with Crippen molar-refractivity contribution in [3.63, 3.8) is 0 Å². The Labute approximate surface area is 173 Å². The molecule has 0 saturated heterocycles. The summed E-state index contributed by atoms with van der Waals surface area (Å²) >= 11 is 5.04. The highest BCUT2D eigenvalue weighted by Crippen LogP contribution is 2.34. The van der Waals surface area contributed by atoms with Crippen LogP contribution in [0.25, 0.3) is 10.2 Å². The molecule has 0 spiro atoms. The molecule has 0 saturated carbocycles. The summed E-state index contributed by atoms with van der Waals surface area (Å²) < 4.78 is 15.3. The summed E-state index contributed by atoms with van der Waals surface area (Å²) in [6.07, 6.45) is 2.81. The number of nitrogens with zero attached hydrogens (tertiary/aromatic N) is 2. The van der Waals surface area contributed by atoms with Crippen molar-refractivity contribution in [3.8, 4) is 0 Å². The van der Waals surface area contributed by atoms with E-state index in [9.17, 15) is 4.39 Å². The van der Waals surface area contributed by atoms with Crippen LogP contribution in [-0.4, -0.2) is 16.2 Å². The fraction of sp³-hybridized carbons (Fsp3) is 0.0500. The van der Waals surface area contributed by atoms with Gasteiger partial charge in [-0.15, -0.1) is 11.3 Å². The van der Waals surface area contributed by atoms with Crippen LogP contribution in [0.5, 0.6) is 0 Å². The predicted octanol–water partition coefficient (Wildman–Crippen LogP) is 5.95. The molecule has 0 unspecified atom stereocenters. The van der Waals surface area contributed by atoms with Gasteiger partial charge in [0.2, 0.25) is 0 Å². The molecule has 0 aliphatic carbocycles. The van der Waals surface area contributed by atoms with Crippen LogP contribution in [0.15, 0.2) is 58.6 Å². The second-order valence-electron chi connectivity index (χ2n) is 6.04. The number of aromatic nitrogens is 2. The number of benzene rings is 2. The molecular formula is C20H15BrFN5S. The third kappa shape index (κ3) is 4.02. The van der Waals surface area contributed by atoms with Crippen LogP contribution >= 0.6 is 27.3 Å². The first-order chi connectivity index (χ1) is 13.6. The monoisotopic (exact) mass is 455 g/mol. The standard InChI is InChI=1S/C20H15BrFN5S/c21-18-8-17-19(28-18)20(26-11-25-17)27-15-4-5-16(13(7-15)9-23)24-10-12-2-1-3-14(22)6-12/h1-9,11,23-24H,10H2,(H,25,26,27). The summed E-state index contributed by atoms with van der Waals surface area (Å²) in [6, 6.07) is 14.1. The van der Waals surface area contributed by atoms with Crippen molar-refractivity contribution in [2.75, 3.05) is 10.6 Å². The highest BCUT2D eigenvalue weighted by atomic mass is 79.9. The van der Waals surface area contributed by atoms with Gasteiger partial charge in [-0.1, -0.05) is 12.1 Å². The van der Waals surface area contributed by atoms with E-state index in [0.29, 0.717) is 6.54 Å². The lowest BCUT2D eigenvalue weighted by atomic mass is 10.1. The van der Waals surface area contributed by atoms with Crippen LogP contribution in [0.2, 0.25) is 0 Å². The van der Waals surface area contributed by atoms with Crippen molar-refractivity contribution >= 4 is 60.9 Å². The Morgan fingerprint density at radius 2 is 2.04 bits per heavy atom. The van der Waals surface area contributed by atoms with Gasteiger partial charge in [0.1, 0.15) is 12.1 Å². The van der Waals surface area contributed by atoms with E-state index in [4.69, 9.17) is 5.41 Å². The fourth-order valence-corrected chi connectivity index (χ4v) is 4.30. The predicted molar refractivity (Wildman–Crippen MR) is 116 cm³/mol. The number of fused-ring (bicyclic) bond motifs is 1. The molecule has 3 N–H and O–H groups in total. The van der Waals surface area contributed by atoms with Gasteiger partial charge in [-0.05, 0) is 57.9 Å². The zero-order valence-electron chi connectivity index (χ0n) is 14.5. The van der Waals surface area contributed by atoms with Gasteiger partial charge in [-0.2, -0.15) is 0 Å². The van der Waals surface area contributed by atoms with E-state index < -0.39 is 0 Å². The van der Waals surface area contributed by atoms with Gasteiger partial charge in [-0.3, -0.25) is 0 Å². The number of rotatable bonds is 6. The third-order valence-electron chi connectivity index (χ3n) is 4.12. The van der Waals surface area contributed by atoms with Crippen molar-refractivity contribution in [2.24, 2.45) is 0 Å². The molecule has 2 aromatic carbocycles. The lowest BCUT2D eigenvalue weighted by Crippen LogP contribution is -2.03. The molecule has 0 atom stereocenters. The van der Waals surface area contributed by atoms with Crippen LogP contribution in [0, 0.1) is 11.2 Å². The van der Waals surface area contributed by atoms with E-state index >= 15 is 0 Å². The van der Waals surface area contributed by atoms with E-state index in [-0.39, 0.29) is 5.82 Å². The first-order valence-corrected chi connectivity index (χ1v) is 10.0. The van der Waals surface area contributed by atoms with Crippen LogP contribution in [0.4, 0.5) is 21.6 Å². The van der Waals surface area contributed by atoms with E-state index in [0.717, 1.165) is 42.3 Å². The van der Waals surface area contributed by atoms with Crippen LogP contribution in [0.1, 0.15) is 11.1 Å². The Hall–Kier alpha value is -2.84. The lowest BCUT2D eigenvalue weighted by Gasteiger charge is -2.12. The summed E-state index contributed by atoms with van der Waals surface area (Å²) in [6.45, 7) is 0.473. The molecule has 5 nitrogen and oxygen atoms in total. The quantitative estimate of drug-likeness (QED) is 0.314. The number of hydrogen-bond donors (Lipinski definition) is 3. The zero-order chi connectivity index (χ0) is 19.5. The minimum absolute atomic E-state index is 0.262. The number of halogens is 2. The minimum Gasteiger partial charge on any atom is -0.380 e. The SMILES string of the molecule is N=Cc1cc(Nc2ncnc3cc(Br)sc23)ccc1NCc1cccc(F)c1. The molecule has 140 valence electrons. The van der Waals surface area contributed by atoms with Gasteiger partial charge < -0.3 is 16.0 Å². The molecule has 0 fully saturated rings. The highest BCUT2D eigenvalue weighted by Gasteiger charge is 2.09. The van der Waals surface area contributed by atoms with Gasteiger partial charge >= 0.3 is 0 Å². The Morgan fingerprint density at radius 3 is 2.86 bits per heavy atom. The third-order valence-corrected chi connectivity index (χ3v) is 5.76. The van der Waals surface area contributed by atoms with Gasteiger partial charge in [0.25, 0.3) is 0 Å². The van der Waals surface area contributed by atoms with Crippen molar-refractivity contribution in [3.05, 3.63) is 75.6 Å².